The monoisotopic (exact) mass is 246 g/mol. The number of hydrogen-bond acceptors (Lipinski definition) is 4. The maximum atomic E-state index is 5.80. The molecule has 0 spiro atoms. The van der Waals surface area contributed by atoms with E-state index in [1.54, 1.807) is 31.3 Å². The standard InChI is InChI=1S/C13H14N2OS/c1-16-12-7-10(6-11(14)8-12)9-17-13-2-4-15-5-3-13/h2-8H,9,14H2,1H3. The fraction of sp³-hybridized carbons (Fsp3) is 0.154. The zero-order valence-corrected chi connectivity index (χ0v) is 10.4. The molecule has 0 aliphatic heterocycles. The largest absolute Gasteiger partial charge is 0.497 e. The SMILES string of the molecule is COc1cc(N)cc(CSc2ccncc2)c1. The second-order valence-electron chi connectivity index (χ2n) is 3.59. The summed E-state index contributed by atoms with van der Waals surface area (Å²) in [7, 11) is 1.65. The fourth-order valence-corrected chi connectivity index (χ4v) is 2.30. The summed E-state index contributed by atoms with van der Waals surface area (Å²) in [6, 6.07) is 9.78. The molecule has 1 heterocycles. The average molecular weight is 246 g/mol. The van der Waals surface area contributed by atoms with Crippen LogP contribution in [0.4, 0.5) is 5.69 Å². The summed E-state index contributed by atoms with van der Waals surface area (Å²) in [5, 5.41) is 0. The summed E-state index contributed by atoms with van der Waals surface area (Å²) in [6.45, 7) is 0. The number of methoxy groups -OCH3 is 1. The second-order valence-corrected chi connectivity index (χ2v) is 4.63. The van der Waals surface area contributed by atoms with Gasteiger partial charge in [-0.2, -0.15) is 0 Å². The molecule has 0 amide bonds. The van der Waals surface area contributed by atoms with E-state index in [0.29, 0.717) is 0 Å². The van der Waals surface area contributed by atoms with Gasteiger partial charge in [-0.1, -0.05) is 0 Å². The predicted molar refractivity (Wildman–Crippen MR) is 71.2 cm³/mol. The molecule has 0 radical (unpaired) electrons. The van der Waals surface area contributed by atoms with Crippen molar-refractivity contribution in [2.75, 3.05) is 12.8 Å². The number of benzene rings is 1. The molecular formula is C13H14N2OS. The molecule has 0 saturated heterocycles. The van der Waals surface area contributed by atoms with Crippen molar-refractivity contribution in [2.24, 2.45) is 0 Å². The van der Waals surface area contributed by atoms with Crippen LogP contribution in [0.15, 0.2) is 47.6 Å². The molecule has 0 saturated carbocycles. The van der Waals surface area contributed by atoms with E-state index in [-0.39, 0.29) is 0 Å². The molecule has 2 rings (SSSR count). The molecule has 1 aromatic heterocycles. The summed E-state index contributed by atoms with van der Waals surface area (Å²) in [4.78, 5) is 5.18. The van der Waals surface area contributed by atoms with Gasteiger partial charge in [-0.05, 0) is 29.8 Å². The van der Waals surface area contributed by atoms with Crippen molar-refractivity contribution in [3.63, 3.8) is 0 Å². The minimum Gasteiger partial charge on any atom is -0.497 e. The molecule has 0 fully saturated rings. The third kappa shape index (κ3) is 3.39. The number of pyridine rings is 1. The lowest BCUT2D eigenvalue weighted by Gasteiger charge is -2.06. The smallest absolute Gasteiger partial charge is 0.121 e. The van der Waals surface area contributed by atoms with Crippen LogP contribution in [0.1, 0.15) is 5.56 Å². The first-order valence-electron chi connectivity index (χ1n) is 5.24. The number of rotatable bonds is 4. The highest BCUT2D eigenvalue weighted by molar-refractivity contribution is 7.98. The zero-order chi connectivity index (χ0) is 12.1. The molecule has 2 aromatic rings. The third-order valence-electron chi connectivity index (χ3n) is 2.28. The number of hydrogen-bond donors (Lipinski definition) is 1. The Morgan fingerprint density at radius 1 is 1.24 bits per heavy atom. The molecule has 0 bridgehead atoms. The first-order chi connectivity index (χ1) is 8.28. The molecule has 0 aliphatic carbocycles. The van der Waals surface area contributed by atoms with Gasteiger partial charge in [-0.15, -0.1) is 11.8 Å². The minimum atomic E-state index is 0.731. The van der Waals surface area contributed by atoms with Gasteiger partial charge in [0, 0.05) is 34.8 Å². The van der Waals surface area contributed by atoms with E-state index in [1.165, 1.54) is 4.90 Å². The van der Waals surface area contributed by atoms with Gasteiger partial charge >= 0.3 is 0 Å². The van der Waals surface area contributed by atoms with E-state index in [0.717, 1.165) is 22.8 Å². The van der Waals surface area contributed by atoms with E-state index < -0.39 is 0 Å². The predicted octanol–water partition coefficient (Wildman–Crippen LogP) is 2.96. The number of aromatic nitrogens is 1. The van der Waals surface area contributed by atoms with Gasteiger partial charge < -0.3 is 10.5 Å². The lowest BCUT2D eigenvalue weighted by atomic mass is 10.2. The maximum Gasteiger partial charge on any atom is 0.121 e. The van der Waals surface area contributed by atoms with Crippen molar-refractivity contribution < 1.29 is 4.74 Å². The molecule has 0 unspecified atom stereocenters. The second kappa shape index (κ2) is 5.59. The Hall–Kier alpha value is -1.68. The first-order valence-corrected chi connectivity index (χ1v) is 6.23. The van der Waals surface area contributed by atoms with Gasteiger partial charge in [0.15, 0.2) is 0 Å². The van der Waals surface area contributed by atoms with Crippen LogP contribution in [-0.4, -0.2) is 12.1 Å². The van der Waals surface area contributed by atoms with E-state index in [2.05, 4.69) is 4.98 Å². The van der Waals surface area contributed by atoms with Crippen molar-refractivity contribution in [3.8, 4) is 5.75 Å². The molecule has 0 atom stereocenters. The van der Waals surface area contributed by atoms with Crippen LogP contribution in [0, 0.1) is 0 Å². The highest BCUT2D eigenvalue weighted by Gasteiger charge is 2.00. The number of ether oxygens (including phenoxy) is 1. The molecule has 2 N–H and O–H groups in total. The number of nitrogens with two attached hydrogens (primary N) is 1. The summed E-state index contributed by atoms with van der Waals surface area (Å²) in [5.74, 6) is 1.67. The van der Waals surface area contributed by atoms with Gasteiger partial charge in [0.2, 0.25) is 0 Å². The Bertz CT molecular complexity index is 488. The number of thioether (sulfide) groups is 1. The van der Waals surface area contributed by atoms with Gasteiger partial charge in [-0.25, -0.2) is 0 Å². The van der Waals surface area contributed by atoms with Crippen LogP contribution in [0.2, 0.25) is 0 Å². The lowest BCUT2D eigenvalue weighted by Crippen LogP contribution is -1.91. The van der Waals surface area contributed by atoms with E-state index >= 15 is 0 Å². The molecular weight excluding hydrogens is 232 g/mol. The lowest BCUT2D eigenvalue weighted by molar-refractivity contribution is 0.414. The van der Waals surface area contributed by atoms with Crippen LogP contribution < -0.4 is 10.5 Å². The van der Waals surface area contributed by atoms with Crippen molar-refractivity contribution in [1.82, 2.24) is 4.98 Å². The van der Waals surface area contributed by atoms with Crippen molar-refractivity contribution >= 4 is 17.4 Å². The Morgan fingerprint density at radius 3 is 2.71 bits per heavy atom. The van der Waals surface area contributed by atoms with Crippen LogP contribution in [0.25, 0.3) is 0 Å². The Morgan fingerprint density at radius 2 is 2.00 bits per heavy atom. The summed E-state index contributed by atoms with van der Waals surface area (Å²) in [5.41, 5.74) is 7.69. The van der Waals surface area contributed by atoms with Crippen LogP contribution >= 0.6 is 11.8 Å². The van der Waals surface area contributed by atoms with Crippen molar-refractivity contribution in [1.29, 1.82) is 0 Å². The van der Waals surface area contributed by atoms with Gasteiger partial charge in [0.25, 0.3) is 0 Å². The third-order valence-corrected chi connectivity index (χ3v) is 3.36. The Balaban J connectivity index is 2.06. The van der Waals surface area contributed by atoms with Crippen molar-refractivity contribution in [3.05, 3.63) is 48.3 Å². The fourth-order valence-electron chi connectivity index (χ4n) is 1.49. The number of nitrogens with zero attached hydrogens (tertiary/aromatic N) is 1. The Labute approximate surface area is 105 Å². The minimum absolute atomic E-state index is 0.731. The first kappa shape index (κ1) is 11.8. The normalized spacial score (nSPS) is 10.2. The molecule has 0 aliphatic rings. The maximum absolute atomic E-state index is 5.80. The molecule has 88 valence electrons. The molecule has 3 nitrogen and oxygen atoms in total. The van der Waals surface area contributed by atoms with E-state index in [4.69, 9.17) is 10.5 Å². The van der Waals surface area contributed by atoms with Crippen LogP contribution in [0.5, 0.6) is 5.75 Å². The van der Waals surface area contributed by atoms with Crippen LogP contribution in [-0.2, 0) is 5.75 Å². The topological polar surface area (TPSA) is 48.1 Å². The van der Waals surface area contributed by atoms with Crippen LogP contribution in [0.3, 0.4) is 0 Å². The highest BCUT2D eigenvalue weighted by Crippen LogP contribution is 2.25. The van der Waals surface area contributed by atoms with Crippen molar-refractivity contribution in [2.45, 2.75) is 10.6 Å². The molecule has 4 heteroatoms. The summed E-state index contributed by atoms with van der Waals surface area (Å²) in [6.07, 6.45) is 3.59. The Kier molecular flexibility index (Phi) is 3.88. The zero-order valence-electron chi connectivity index (χ0n) is 9.59. The van der Waals surface area contributed by atoms with Gasteiger partial charge in [0.05, 0.1) is 7.11 Å². The number of nitrogen functional groups attached to an aromatic ring is 1. The van der Waals surface area contributed by atoms with Gasteiger partial charge in [0.1, 0.15) is 5.75 Å². The molecule has 1 aromatic carbocycles. The summed E-state index contributed by atoms with van der Waals surface area (Å²) >= 11 is 1.75. The van der Waals surface area contributed by atoms with E-state index in [9.17, 15) is 0 Å². The van der Waals surface area contributed by atoms with E-state index in [1.807, 2.05) is 30.3 Å². The molecule has 17 heavy (non-hydrogen) atoms. The van der Waals surface area contributed by atoms with Gasteiger partial charge in [-0.3, -0.25) is 4.98 Å². The number of anilines is 1. The summed E-state index contributed by atoms with van der Waals surface area (Å²) < 4.78 is 5.19. The highest BCUT2D eigenvalue weighted by atomic mass is 32.2. The quantitative estimate of drug-likeness (QED) is 0.665. The average Bonchev–Trinajstić information content (AvgIpc) is 2.37.